The second kappa shape index (κ2) is 6.91. The minimum atomic E-state index is 0.650. The van der Waals surface area contributed by atoms with Crippen LogP contribution in [0.4, 0.5) is 5.69 Å². The Kier molecular flexibility index (Phi) is 4.52. The molecule has 0 aliphatic heterocycles. The van der Waals surface area contributed by atoms with Gasteiger partial charge < -0.3 is 10.5 Å². The third-order valence-electron chi connectivity index (χ3n) is 3.46. The number of ether oxygens (including phenoxy) is 1. The molecule has 0 spiro atoms. The second-order valence-corrected chi connectivity index (χ2v) is 5.24. The first-order valence-corrected chi connectivity index (χ1v) is 7.65. The maximum Gasteiger partial charge on any atom is 0.187 e. The van der Waals surface area contributed by atoms with Crippen LogP contribution in [-0.4, -0.2) is 26.8 Å². The number of nitrogens with two attached hydrogens (primary N) is 1. The number of anilines is 1. The monoisotopic (exact) mass is 309 g/mol. The lowest BCUT2D eigenvalue weighted by atomic mass is 10.2. The van der Waals surface area contributed by atoms with E-state index in [9.17, 15) is 0 Å². The van der Waals surface area contributed by atoms with Gasteiger partial charge in [0.05, 0.1) is 12.3 Å². The molecule has 3 aromatic rings. The molecule has 23 heavy (non-hydrogen) atoms. The van der Waals surface area contributed by atoms with E-state index < -0.39 is 0 Å². The predicted octanol–water partition coefficient (Wildman–Crippen LogP) is 3.09. The number of nitrogens with zero attached hydrogens (tertiary/aromatic N) is 4. The van der Waals surface area contributed by atoms with Crippen molar-refractivity contribution < 1.29 is 4.74 Å². The molecule has 6 heteroatoms. The Labute approximate surface area is 134 Å². The summed E-state index contributed by atoms with van der Waals surface area (Å²) in [7, 11) is 0. The van der Waals surface area contributed by atoms with Crippen molar-refractivity contribution in [3.63, 3.8) is 0 Å². The Balaban J connectivity index is 1.84. The van der Waals surface area contributed by atoms with Gasteiger partial charge in [0.1, 0.15) is 5.75 Å². The standard InChI is InChI=1S/C17H19N5O/c1-2-3-11-23-16-9-7-15(8-10-16)22-17(19-20-21-22)13-5-4-6-14(18)12-13/h4-10,12H,2-3,11,18H2,1H3. The van der Waals surface area contributed by atoms with Crippen LogP contribution >= 0.6 is 0 Å². The van der Waals surface area contributed by atoms with E-state index in [0.29, 0.717) is 11.5 Å². The van der Waals surface area contributed by atoms with Crippen LogP contribution in [0.1, 0.15) is 19.8 Å². The fourth-order valence-corrected chi connectivity index (χ4v) is 2.24. The van der Waals surface area contributed by atoms with Gasteiger partial charge in [-0.2, -0.15) is 4.68 Å². The number of benzene rings is 2. The Morgan fingerprint density at radius 2 is 1.96 bits per heavy atom. The van der Waals surface area contributed by atoms with Crippen molar-refractivity contribution in [1.29, 1.82) is 0 Å². The van der Waals surface area contributed by atoms with Gasteiger partial charge in [0.2, 0.25) is 0 Å². The molecule has 1 aromatic heterocycles. The van der Waals surface area contributed by atoms with Crippen molar-refractivity contribution in [1.82, 2.24) is 20.2 Å². The lowest BCUT2D eigenvalue weighted by Gasteiger charge is -2.08. The zero-order chi connectivity index (χ0) is 16.1. The van der Waals surface area contributed by atoms with Crippen molar-refractivity contribution in [2.75, 3.05) is 12.3 Å². The fraction of sp³-hybridized carbons (Fsp3) is 0.235. The summed E-state index contributed by atoms with van der Waals surface area (Å²) in [5.74, 6) is 1.50. The van der Waals surface area contributed by atoms with Crippen molar-refractivity contribution in [2.24, 2.45) is 0 Å². The minimum absolute atomic E-state index is 0.650. The van der Waals surface area contributed by atoms with Gasteiger partial charge in [-0.15, -0.1) is 5.10 Å². The molecule has 0 unspecified atom stereocenters. The third kappa shape index (κ3) is 3.48. The summed E-state index contributed by atoms with van der Waals surface area (Å²) in [4.78, 5) is 0. The van der Waals surface area contributed by atoms with Crippen LogP contribution in [0.5, 0.6) is 5.75 Å². The Morgan fingerprint density at radius 3 is 2.70 bits per heavy atom. The molecule has 0 atom stereocenters. The van der Waals surface area contributed by atoms with E-state index in [4.69, 9.17) is 10.5 Å². The van der Waals surface area contributed by atoms with Crippen LogP contribution in [0.25, 0.3) is 17.1 Å². The number of hydrogen-bond acceptors (Lipinski definition) is 5. The summed E-state index contributed by atoms with van der Waals surface area (Å²) in [5, 5.41) is 12.0. The van der Waals surface area contributed by atoms with Crippen molar-refractivity contribution >= 4 is 5.69 Å². The van der Waals surface area contributed by atoms with E-state index in [-0.39, 0.29) is 0 Å². The first-order valence-electron chi connectivity index (χ1n) is 7.65. The van der Waals surface area contributed by atoms with Crippen LogP contribution < -0.4 is 10.5 Å². The van der Waals surface area contributed by atoms with E-state index in [1.807, 2.05) is 48.5 Å². The number of tetrazole rings is 1. The fourth-order valence-electron chi connectivity index (χ4n) is 2.24. The molecule has 6 nitrogen and oxygen atoms in total. The topological polar surface area (TPSA) is 78.8 Å². The number of rotatable bonds is 6. The maximum absolute atomic E-state index is 5.84. The molecule has 118 valence electrons. The second-order valence-electron chi connectivity index (χ2n) is 5.24. The highest BCUT2D eigenvalue weighted by atomic mass is 16.5. The van der Waals surface area contributed by atoms with Gasteiger partial charge in [0, 0.05) is 11.3 Å². The number of nitrogen functional groups attached to an aromatic ring is 1. The molecule has 0 aliphatic rings. The van der Waals surface area contributed by atoms with E-state index in [1.165, 1.54) is 0 Å². The Bertz CT molecular complexity index is 767. The first-order chi connectivity index (χ1) is 11.3. The average molecular weight is 309 g/mol. The highest BCUT2D eigenvalue weighted by Crippen LogP contribution is 2.22. The number of unbranched alkanes of at least 4 members (excludes halogenated alkanes) is 1. The van der Waals surface area contributed by atoms with E-state index in [0.717, 1.165) is 36.4 Å². The van der Waals surface area contributed by atoms with Crippen molar-refractivity contribution in [2.45, 2.75) is 19.8 Å². The van der Waals surface area contributed by atoms with Gasteiger partial charge in [-0.1, -0.05) is 25.5 Å². The Morgan fingerprint density at radius 1 is 1.13 bits per heavy atom. The normalized spacial score (nSPS) is 10.7. The lowest BCUT2D eigenvalue weighted by Crippen LogP contribution is -2.01. The molecule has 0 fully saturated rings. The molecule has 3 rings (SSSR count). The quantitative estimate of drug-likeness (QED) is 0.559. The van der Waals surface area contributed by atoms with Crippen LogP contribution in [0.15, 0.2) is 48.5 Å². The first kappa shape index (κ1) is 15.0. The highest BCUT2D eigenvalue weighted by Gasteiger charge is 2.11. The molecule has 0 aliphatic carbocycles. The molecular weight excluding hydrogens is 290 g/mol. The van der Waals surface area contributed by atoms with Crippen molar-refractivity contribution in [3.8, 4) is 22.8 Å². The van der Waals surface area contributed by atoms with Gasteiger partial charge in [0.15, 0.2) is 5.82 Å². The minimum Gasteiger partial charge on any atom is -0.494 e. The molecule has 2 N–H and O–H groups in total. The molecule has 2 aromatic carbocycles. The van der Waals surface area contributed by atoms with Gasteiger partial charge in [-0.25, -0.2) is 0 Å². The maximum atomic E-state index is 5.84. The van der Waals surface area contributed by atoms with E-state index >= 15 is 0 Å². The Hall–Kier alpha value is -2.89. The molecule has 0 amide bonds. The van der Waals surface area contributed by atoms with Crippen LogP contribution in [0.3, 0.4) is 0 Å². The SMILES string of the molecule is CCCCOc1ccc(-n2nnnc2-c2cccc(N)c2)cc1. The summed E-state index contributed by atoms with van der Waals surface area (Å²) in [5.41, 5.74) is 8.26. The lowest BCUT2D eigenvalue weighted by molar-refractivity contribution is 0.309. The van der Waals surface area contributed by atoms with Gasteiger partial charge in [0.25, 0.3) is 0 Å². The van der Waals surface area contributed by atoms with Gasteiger partial charge >= 0.3 is 0 Å². The smallest absolute Gasteiger partial charge is 0.187 e. The summed E-state index contributed by atoms with van der Waals surface area (Å²) in [6.07, 6.45) is 2.17. The van der Waals surface area contributed by atoms with Gasteiger partial charge in [-0.3, -0.25) is 0 Å². The summed E-state index contributed by atoms with van der Waals surface area (Å²) >= 11 is 0. The molecule has 0 bridgehead atoms. The summed E-state index contributed by atoms with van der Waals surface area (Å²) in [6, 6.07) is 15.2. The molecule has 0 saturated heterocycles. The van der Waals surface area contributed by atoms with Gasteiger partial charge in [-0.05, 0) is 53.2 Å². The predicted molar refractivity (Wildman–Crippen MR) is 89.4 cm³/mol. The van der Waals surface area contributed by atoms with E-state index in [2.05, 4.69) is 22.4 Å². The highest BCUT2D eigenvalue weighted by molar-refractivity contribution is 5.62. The third-order valence-corrected chi connectivity index (χ3v) is 3.46. The molecule has 1 heterocycles. The van der Waals surface area contributed by atoms with E-state index in [1.54, 1.807) is 4.68 Å². The average Bonchev–Trinajstić information content (AvgIpc) is 3.05. The largest absolute Gasteiger partial charge is 0.494 e. The van der Waals surface area contributed by atoms with Crippen LogP contribution in [0.2, 0.25) is 0 Å². The number of aromatic nitrogens is 4. The zero-order valence-corrected chi connectivity index (χ0v) is 13.0. The van der Waals surface area contributed by atoms with Crippen molar-refractivity contribution in [3.05, 3.63) is 48.5 Å². The van der Waals surface area contributed by atoms with Crippen LogP contribution in [0, 0.1) is 0 Å². The molecule has 0 radical (unpaired) electrons. The van der Waals surface area contributed by atoms with Crippen LogP contribution in [-0.2, 0) is 0 Å². The summed E-state index contributed by atoms with van der Waals surface area (Å²) in [6.45, 7) is 2.87. The molecular formula is C17H19N5O. The summed E-state index contributed by atoms with van der Waals surface area (Å²) < 4.78 is 7.36. The number of hydrogen-bond donors (Lipinski definition) is 1. The molecule has 0 saturated carbocycles. The zero-order valence-electron chi connectivity index (χ0n) is 13.0.